The van der Waals surface area contributed by atoms with Gasteiger partial charge in [0, 0.05) is 34.2 Å². The number of halogens is 2. The Labute approximate surface area is 132 Å². The number of aromatic nitrogens is 1. The van der Waals surface area contributed by atoms with Crippen molar-refractivity contribution in [3.8, 4) is 0 Å². The largest absolute Gasteiger partial charge is 0.398 e. The number of anilines is 1. The number of nitrogens with two attached hydrogens (primary N) is 1. The van der Waals surface area contributed by atoms with Crippen LogP contribution < -0.4 is 11.1 Å². The molecule has 0 fully saturated rings. The van der Waals surface area contributed by atoms with Crippen molar-refractivity contribution >= 4 is 21.6 Å². The molecule has 3 nitrogen and oxygen atoms in total. The lowest BCUT2D eigenvalue weighted by Crippen LogP contribution is -2.25. The fourth-order valence-electron chi connectivity index (χ4n) is 2.27. The lowest BCUT2D eigenvalue weighted by Gasteiger charge is -2.21. The molecule has 2 rings (SSSR count). The predicted molar refractivity (Wildman–Crippen MR) is 87.5 cm³/mol. The van der Waals surface area contributed by atoms with Gasteiger partial charge in [-0.3, -0.25) is 4.98 Å². The van der Waals surface area contributed by atoms with Crippen molar-refractivity contribution < 1.29 is 4.39 Å². The van der Waals surface area contributed by atoms with Crippen LogP contribution in [0.3, 0.4) is 0 Å². The van der Waals surface area contributed by atoms with Gasteiger partial charge >= 0.3 is 0 Å². The van der Waals surface area contributed by atoms with Crippen LogP contribution in [0.1, 0.15) is 30.5 Å². The Bertz CT molecular complexity index is 584. The first-order valence-electron chi connectivity index (χ1n) is 6.99. The predicted octanol–water partition coefficient (Wildman–Crippen LogP) is 3.85. The number of nitrogens with one attached hydrogen (secondary N) is 1. The van der Waals surface area contributed by atoms with Crippen molar-refractivity contribution in [1.82, 2.24) is 10.3 Å². The Hall–Kier alpha value is -1.46. The van der Waals surface area contributed by atoms with Gasteiger partial charge in [0.05, 0.1) is 0 Å². The molecular weight excluding hydrogens is 333 g/mol. The van der Waals surface area contributed by atoms with E-state index in [2.05, 4.69) is 33.2 Å². The van der Waals surface area contributed by atoms with Crippen molar-refractivity contribution in [3.63, 3.8) is 0 Å². The molecule has 0 saturated carbocycles. The number of nitrogen functional groups attached to an aromatic ring is 1. The van der Waals surface area contributed by atoms with E-state index in [1.807, 2.05) is 6.07 Å². The van der Waals surface area contributed by atoms with Crippen LogP contribution >= 0.6 is 15.9 Å². The van der Waals surface area contributed by atoms with Gasteiger partial charge in [-0.15, -0.1) is 0 Å². The lowest BCUT2D eigenvalue weighted by molar-refractivity contribution is 0.495. The molecule has 3 N–H and O–H groups in total. The number of benzene rings is 1. The highest BCUT2D eigenvalue weighted by molar-refractivity contribution is 9.10. The maximum absolute atomic E-state index is 14.2. The third-order valence-electron chi connectivity index (χ3n) is 3.35. The molecule has 112 valence electrons. The molecule has 0 saturated heterocycles. The summed E-state index contributed by atoms with van der Waals surface area (Å²) in [5.41, 5.74) is 8.21. The van der Waals surface area contributed by atoms with Crippen molar-refractivity contribution in [2.45, 2.75) is 25.8 Å². The molecule has 0 aliphatic heterocycles. The number of pyridine rings is 1. The molecule has 0 aliphatic rings. The second kappa shape index (κ2) is 7.52. The summed E-state index contributed by atoms with van der Waals surface area (Å²) in [5.74, 6) is -0.222. The molecule has 0 amide bonds. The monoisotopic (exact) mass is 351 g/mol. The fraction of sp³-hybridized carbons (Fsp3) is 0.312. The molecule has 0 bridgehead atoms. The summed E-state index contributed by atoms with van der Waals surface area (Å²) in [6, 6.07) is 6.65. The Morgan fingerprint density at radius 1 is 1.38 bits per heavy atom. The zero-order valence-electron chi connectivity index (χ0n) is 11.9. The number of hydrogen-bond acceptors (Lipinski definition) is 3. The fourth-order valence-corrected chi connectivity index (χ4v) is 2.89. The van der Waals surface area contributed by atoms with Gasteiger partial charge in [-0.1, -0.05) is 28.9 Å². The van der Waals surface area contributed by atoms with Gasteiger partial charge in [-0.25, -0.2) is 4.39 Å². The number of nitrogens with zero attached hydrogens (tertiary/aromatic N) is 1. The first-order chi connectivity index (χ1) is 10.1. The van der Waals surface area contributed by atoms with E-state index in [1.54, 1.807) is 24.5 Å². The zero-order chi connectivity index (χ0) is 15.2. The summed E-state index contributed by atoms with van der Waals surface area (Å²) in [4.78, 5) is 4.10. The van der Waals surface area contributed by atoms with Gasteiger partial charge in [0.2, 0.25) is 0 Å². The van der Waals surface area contributed by atoms with Gasteiger partial charge in [0.15, 0.2) is 0 Å². The summed E-state index contributed by atoms with van der Waals surface area (Å²) in [6.45, 7) is 2.89. The van der Waals surface area contributed by atoms with Crippen LogP contribution in [0.25, 0.3) is 0 Å². The summed E-state index contributed by atoms with van der Waals surface area (Å²) < 4.78 is 15.0. The summed E-state index contributed by atoms with van der Waals surface area (Å²) in [7, 11) is 0. The standard InChI is InChI=1S/C16H19BrFN3/c1-2-7-21-15(9-11-10-20-8-6-14(11)19)16-12(17)4-3-5-13(16)18/h3-6,8,10,15,21H,2,7,9H2,1H3,(H2,19,20). The molecule has 2 aromatic rings. The Morgan fingerprint density at radius 3 is 2.86 bits per heavy atom. The molecule has 1 aromatic heterocycles. The Kier molecular flexibility index (Phi) is 5.70. The van der Waals surface area contributed by atoms with Crippen molar-refractivity contribution in [3.05, 3.63) is 58.1 Å². The number of rotatable bonds is 6. The van der Waals surface area contributed by atoms with E-state index >= 15 is 0 Å². The molecule has 0 spiro atoms. The molecule has 1 atom stereocenters. The van der Waals surface area contributed by atoms with Crippen LogP contribution in [0, 0.1) is 5.82 Å². The minimum Gasteiger partial charge on any atom is -0.398 e. The molecule has 21 heavy (non-hydrogen) atoms. The minimum atomic E-state index is -0.222. The van der Waals surface area contributed by atoms with Crippen LogP contribution in [0.15, 0.2) is 41.1 Å². The lowest BCUT2D eigenvalue weighted by atomic mass is 9.98. The van der Waals surface area contributed by atoms with Crippen molar-refractivity contribution in [2.24, 2.45) is 0 Å². The van der Waals surface area contributed by atoms with E-state index in [9.17, 15) is 4.39 Å². The van der Waals surface area contributed by atoms with Crippen molar-refractivity contribution in [2.75, 3.05) is 12.3 Å². The second-order valence-electron chi connectivity index (χ2n) is 4.92. The SMILES string of the molecule is CCCNC(Cc1cnccc1N)c1c(F)cccc1Br. The van der Waals surface area contributed by atoms with Gasteiger partial charge in [0.1, 0.15) is 5.82 Å². The molecule has 0 radical (unpaired) electrons. The first-order valence-corrected chi connectivity index (χ1v) is 7.78. The van der Waals surface area contributed by atoms with E-state index in [1.165, 1.54) is 6.07 Å². The highest BCUT2D eigenvalue weighted by Crippen LogP contribution is 2.29. The topological polar surface area (TPSA) is 50.9 Å². The molecule has 5 heteroatoms. The summed E-state index contributed by atoms with van der Waals surface area (Å²) >= 11 is 3.44. The van der Waals surface area contributed by atoms with Gasteiger partial charge in [-0.2, -0.15) is 0 Å². The maximum Gasteiger partial charge on any atom is 0.129 e. The first kappa shape index (κ1) is 15.9. The third kappa shape index (κ3) is 4.02. The molecule has 1 unspecified atom stereocenters. The van der Waals surface area contributed by atoms with Crippen molar-refractivity contribution in [1.29, 1.82) is 0 Å². The van der Waals surface area contributed by atoms with E-state index in [4.69, 9.17) is 5.73 Å². The van der Waals surface area contributed by atoms with Gasteiger partial charge < -0.3 is 11.1 Å². The van der Waals surface area contributed by atoms with Crippen LogP contribution in [-0.2, 0) is 6.42 Å². The number of hydrogen-bond donors (Lipinski definition) is 2. The van der Waals surface area contributed by atoms with Crippen LogP contribution in [0.2, 0.25) is 0 Å². The minimum absolute atomic E-state index is 0.146. The Morgan fingerprint density at radius 2 is 2.19 bits per heavy atom. The maximum atomic E-state index is 14.2. The molecule has 1 aromatic carbocycles. The Balaban J connectivity index is 2.32. The van der Waals surface area contributed by atoms with E-state index in [-0.39, 0.29) is 11.9 Å². The molecule has 0 aliphatic carbocycles. The second-order valence-corrected chi connectivity index (χ2v) is 5.77. The normalized spacial score (nSPS) is 12.3. The molecule has 1 heterocycles. The third-order valence-corrected chi connectivity index (χ3v) is 4.05. The highest BCUT2D eigenvalue weighted by atomic mass is 79.9. The van der Waals surface area contributed by atoms with Crippen LogP contribution in [0.5, 0.6) is 0 Å². The van der Waals surface area contributed by atoms with Crippen LogP contribution in [0.4, 0.5) is 10.1 Å². The van der Waals surface area contributed by atoms with Crippen LogP contribution in [-0.4, -0.2) is 11.5 Å². The summed E-state index contributed by atoms with van der Waals surface area (Å²) in [5, 5.41) is 3.39. The van der Waals surface area contributed by atoms with E-state index in [0.717, 1.165) is 23.0 Å². The van der Waals surface area contributed by atoms with Gasteiger partial charge in [0.25, 0.3) is 0 Å². The quantitative estimate of drug-likeness (QED) is 0.830. The average Bonchev–Trinajstić information content (AvgIpc) is 2.46. The highest BCUT2D eigenvalue weighted by Gasteiger charge is 2.19. The molecular formula is C16H19BrFN3. The van der Waals surface area contributed by atoms with E-state index < -0.39 is 0 Å². The van der Waals surface area contributed by atoms with Gasteiger partial charge in [-0.05, 0) is 43.1 Å². The average molecular weight is 352 g/mol. The summed E-state index contributed by atoms with van der Waals surface area (Å²) in [6.07, 6.45) is 4.97. The zero-order valence-corrected chi connectivity index (χ0v) is 13.5. The van der Waals surface area contributed by atoms with E-state index in [0.29, 0.717) is 17.7 Å². The smallest absolute Gasteiger partial charge is 0.129 e.